The highest BCUT2D eigenvalue weighted by atomic mass is 35.5. The fourth-order valence-electron chi connectivity index (χ4n) is 2.49. The Hall–Kier alpha value is -0.530. The van der Waals surface area contributed by atoms with Crippen molar-refractivity contribution in [2.24, 2.45) is 5.92 Å². The minimum absolute atomic E-state index is 0.695. The lowest BCUT2D eigenvalue weighted by Crippen LogP contribution is -2.35. The van der Waals surface area contributed by atoms with E-state index >= 15 is 0 Å². The zero-order valence-electron chi connectivity index (χ0n) is 9.95. The zero-order valence-corrected chi connectivity index (χ0v) is 10.7. The summed E-state index contributed by atoms with van der Waals surface area (Å²) in [6, 6.07) is 8.80. The van der Waals surface area contributed by atoms with E-state index in [-0.39, 0.29) is 0 Å². The third-order valence-corrected chi connectivity index (χ3v) is 3.75. The first-order chi connectivity index (χ1) is 7.78. The molecule has 1 unspecified atom stereocenters. The average molecular weight is 238 g/mol. The summed E-state index contributed by atoms with van der Waals surface area (Å²) in [5, 5.41) is 0. The van der Waals surface area contributed by atoms with Crippen LogP contribution >= 0.6 is 11.6 Å². The molecule has 1 aromatic rings. The number of hydrogen-bond acceptors (Lipinski definition) is 1. The molecule has 0 spiro atoms. The summed E-state index contributed by atoms with van der Waals surface area (Å²) in [6.45, 7) is 5.62. The summed E-state index contributed by atoms with van der Waals surface area (Å²) < 4.78 is 0. The Balaban J connectivity index is 1.94. The minimum Gasteiger partial charge on any atom is -0.299 e. The van der Waals surface area contributed by atoms with Crippen molar-refractivity contribution >= 4 is 11.6 Å². The molecule has 1 nitrogen and oxygen atoms in total. The summed E-state index contributed by atoms with van der Waals surface area (Å²) in [5.41, 5.74) is 2.78. The van der Waals surface area contributed by atoms with Crippen molar-refractivity contribution in [1.29, 1.82) is 0 Å². The van der Waals surface area contributed by atoms with Gasteiger partial charge in [0.2, 0.25) is 0 Å². The maximum absolute atomic E-state index is 5.95. The Bertz CT molecular complexity index is 337. The summed E-state index contributed by atoms with van der Waals surface area (Å²) >= 11 is 5.95. The predicted molar refractivity (Wildman–Crippen MR) is 69.9 cm³/mol. The molecule has 88 valence electrons. The Morgan fingerprint density at radius 2 is 2.31 bits per heavy atom. The number of piperidine rings is 1. The molecular weight excluding hydrogens is 218 g/mol. The quantitative estimate of drug-likeness (QED) is 0.728. The molecule has 2 heteroatoms. The summed E-state index contributed by atoms with van der Waals surface area (Å²) in [5.74, 6) is 1.50. The molecule has 1 atom stereocenters. The van der Waals surface area contributed by atoms with Gasteiger partial charge in [0, 0.05) is 19.0 Å². The molecule has 0 radical (unpaired) electrons. The van der Waals surface area contributed by atoms with Gasteiger partial charge in [0.1, 0.15) is 0 Å². The lowest BCUT2D eigenvalue weighted by molar-refractivity contribution is 0.178. The molecule has 2 rings (SSSR count). The van der Waals surface area contributed by atoms with Crippen LogP contribution in [-0.2, 0) is 6.54 Å². The third kappa shape index (κ3) is 3.23. The van der Waals surface area contributed by atoms with E-state index < -0.39 is 0 Å². The molecule has 0 amide bonds. The second-order valence-corrected chi connectivity index (χ2v) is 5.20. The number of likely N-dealkylation sites (tertiary alicyclic amines) is 1. The van der Waals surface area contributed by atoms with Crippen molar-refractivity contribution in [1.82, 2.24) is 4.90 Å². The topological polar surface area (TPSA) is 3.24 Å². The molecule has 0 saturated carbocycles. The van der Waals surface area contributed by atoms with E-state index in [9.17, 15) is 0 Å². The first-order valence-corrected chi connectivity index (χ1v) is 6.65. The smallest absolute Gasteiger partial charge is 0.0263 e. The summed E-state index contributed by atoms with van der Waals surface area (Å²) in [7, 11) is 0. The van der Waals surface area contributed by atoms with Crippen LogP contribution in [0.5, 0.6) is 0 Å². The standard InChI is InChI=1S/C14H20ClN/c1-12-4-2-5-13(8-12)10-16-7-3-6-14(9-15)11-16/h2,4-5,8,14H,3,6-7,9-11H2,1H3. The van der Waals surface area contributed by atoms with Gasteiger partial charge in [0.25, 0.3) is 0 Å². The highest BCUT2D eigenvalue weighted by Gasteiger charge is 2.18. The van der Waals surface area contributed by atoms with Crippen molar-refractivity contribution < 1.29 is 0 Å². The molecule has 0 aromatic heterocycles. The Morgan fingerprint density at radius 3 is 3.06 bits per heavy atom. The van der Waals surface area contributed by atoms with Crippen molar-refractivity contribution in [2.45, 2.75) is 26.3 Å². The van der Waals surface area contributed by atoms with Gasteiger partial charge in [0.05, 0.1) is 0 Å². The molecule has 1 aromatic carbocycles. The van der Waals surface area contributed by atoms with E-state index in [1.807, 2.05) is 0 Å². The van der Waals surface area contributed by atoms with Crippen LogP contribution in [0.25, 0.3) is 0 Å². The van der Waals surface area contributed by atoms with Crippen LogP contribution in [0.4, 0.5) is 0 Å². The largest absolute Gasteiger partial charge is 0.299 e. The number of benzene rings is 1. The normalized spacial score (nSPS) is 22.2. The van der Waals surface area contributed by atoms with Crippen LogP contribution in [0.15, 0.2) is 24.3 Å². The third-order valence-electron chi connectivity index (χ3n) is 3.31. The molecular formula is C14H20ClN. The van der Waals surface area contributed by atoms with Crippen LogP contribution in [0, 0.1) is 12.8 Å². The number of hydrogen-bond donors (Lipinski definition) is 0. The SMILES string of the molecule is Cc1cccc(CN2CCCC(CCl)C2)c1. The van der Waals surface area contributed by atoms with Gasteiger partial charge in [-0.25, -0.2) is 0 Å². The van der Waals surface area contributed by atoms with Crippen molar-refractivity contribution in [3.8, 4) is 0 Å². The van der Waals surface area contributed by atoms with E-state index in [1.165, 1.54) is 30.5 Å². The molecule has 1 aliphatic rings. The number of nitrogens with zero attached hydrogens (tertiary/aromatic N) is 1. The van der Waals surface area contributed by atoms with Crippen molar-refractivity contribution in [3.63, 3.8) is 0 Å². The summed E-state index contributed by atoms with van der Waals surface area (Å²) in [4.78, 5) is 2.53. The highest BCUT2D eigenvalue weighted by molar-refractivity contribution is 6.18. The molecule has 1 saturated heterocycles. The summed E-state index contributed by atoms with van der Waals surface area (Å²) in [6.07, 6.45) is 2.59. The first kappa shape index (κ1) is 11.9. The average Bonchev–Trinajstić information content (AvgIpc) is 2.29. The van der Waals surface area contributed by atoms with E-state index in [2.05, 4.69) is 36.1 Å². The predicted octanol–water partition coefficient (Wildman–Crippen LogP) is 3.45. The zero-order chi connectivity index (χ0) is 11.4. The van der Waals surface area contributed by atoms with E-state index in [0.717, 1.165) is 19.0 Å². The molecule has 1 heterocycles. The number of rotatable bonds is 3. The molecule has 1 fully saturated rings. The van der Waals surface area contributed by atoms with Crippen LogP contribution in [0.2, 0.25) is 0 Å². The van der Waals surface area contributed by atoms with E-state index in [1.54, 1.807) is 0 Å². The van der Waals surface area contributed by atoms with Gasteiger partial charge >= 0.3 is 0 Å². The van der Waals surface area contributed by atoms with E-state index in [4.69, 9.17) is 11.6 Å². The maximum Gasteiger partial charge on any atom is 0.0263 e. The van der Waals surface area contributed by atoms with Crippen LogP contribution in [0.3, 0.4) is 0 Å². The molecule has 0 aliphatic carbocycles. The fourth-order valence-corrected chi connectivity index (χ4v) is 2.74. The highest BCUT2D eigenvalue weighted by Crippen LogP contribution is 2.19. The lowest BCUT2D eigenvalue weighted by atomic mass is 9.99. The van der Waals surface area contributed by atoms with Gasteiger partial charge in [-0.05, 0) is 37.8 Å². The minimum atomic E-state index is 0.695. The van der Waals surface area contributed by atoms with Gasteiger partial charge in [-0.1, -0.05) is 29.8 Å². The number of alkyl halides is 1. The Morgan fingerprint density at radius 1 is 1.44 bits per heavy atom. The first-order valence-electron chi connectivity index (χ1n) is 6.12. The van der Waals surface area contributed by atoms with E-state index in [0.29, 0.717) is 5.92 Å². The van der Waals surface area contributed by atoms with Crippen LogP contribution < -0.4 is 0 Å². The Labute approximate surface area is 103 Å². The molecule has 0 N–H and O–H groups in total. The van der Waals surface area contributed by atoms with Gasteiger partial charge in [-0.3, -0.25) is 4.90 Å². The second kappa shape index (κ2) is 5.70. The van der Waals surface area contributed by atoms with Crippen LogP contribution in [-0.4, -0.2) is 23.9 Å². The van der Waals surface area contributed by atoms with Crippen molar-refractivity contribution in [2.75, 3.05) is 19.0 Å². The van der Waals surface area contributed by atoms with Gasteiger partial charge in [-0.2, -0.15) is 0 Å². The van der Waals surface area contributed by atoms with Gasteiger partial charge < -0.3 is 0 Å². The van der Waals surface area contributed by atoms with Crippen molar-refractivity contribution in [3.05, 3.63) is 35.4 Å². The molecule has 16 heavy (non-hydrogen) atoms. The maximum atomic E-state index is 5.95. The molecule has 1 aliphatic heterocycles. The Kier molecular flexibility index (Phi) is 4.25. The number of aryl methyl sites for hydroxylation is 1. The van der Waals surface area contributed by atoms with Gasteiger partial charge in [0.15, 0.2) is 0 Å². The van der Waals surface area contributed by atoms with Gasteiger partial charge in [-0.15, -0.1) is 11.6 Å². The number of halogens is 1. The monoisotopic (exact) mass is 237 g/mol. The second-order valence-electron chi connectivity index (χ2n) is 4.89. The lowest BCUT2D eigenvalue weighted by Gasteiger charge is -2.31. The van der Waals surface area contributed by atoms with Crippen LogP contribution in [0.1, 0.15) is 24.0 Å². The molecule has 0 bridgehead atoms. The fraction of sp³-hybridized carbons (Fsp3) is 0.571.